The van der Waals surface area contributed by atoms with E-state index >= 15 is 0 Å². The van der Waals surface area contributed by atoms with Crippen molar-refractivity contribution >= 4 is 5.97 Å². The zero-order valence-corrected chi connectivity index (χ0v) is 6.03. The molecule has 2 aliphatic rings. The van der Waals surface area contributed by atoms with Gasteiger partial charge in [0.25, 0.3) is 0 Å². The highest BCUT2D eigenvalue weighted by molar-refractivity contribution is 5.79. The summed E-state index contributed by atoms with van der Waals surface area (Å²) in [4.78, 5) is 10.6. The normalized spacial score (nSPS) is 46.6. The Labute approximate surface area is 64.3 Å². The smallest absolute Gasteiger partial charge is 0.336 e. The van der Waals surface area contributed by atoms with E-state index in [0.29, 0.717) is 12.3 Å². The number of allylic oxidation sites excluding steroid dienone is 1. The van der Waals surface area contributed by atoms with Gasteiger partial charge in [-0.2, -0.15) is 0 Å². The highest BCUT2D eigenvalue weighted by atomic mass is 16.4. The molecule has 0 unspecified atom stereocenters. The Bertz CT molecular complexity index is 233. The third-order valence-electron chi connectivity index (χ3n) is 2.73. The zero-order chi connectivity index (χ0) is 8.06. The van der Waals surface area contributed by atoms with Crippen LogP contribution in [0.15, 0.2) is 12.2 Å². The highest BCUT2D eigenvalue weighted by Gasteiger charge is 2.52. The highest BCUT2D eigenvalue weighted by Crippen LogP contribution is 2.46. The molecule has 0 saturated heterocycles. The second-order valence-corrected chi connectivity index (χ2v) is 3.42. The number of hydrogen-bond donors (Lipinski definition) is 2. The van der Waals surface area contributed by atoms with Crippen molar-refractivity contribution in [3.8, 4) is 0 Å². The van der Waals surface area contributed by atoms with Gasteiger partial charge in [0.15, 0.2) is 5.60 Å². The summed E-state index contributed by atoms with van der Waals surface area (Å²) in [5, 5.41) is 18.3. The van der Waals surface area contributed by atoms with Crippen LogP contribution in [0.4, 0.5) is 0 Å². The first-order chi connectivity index (χ1) is 5.13. The molecule has 0 spiro atoms. The predicted octanol–water partition coefficient (Wildman–Crippen LogP) is 0.398. The van der Waals surface area contributed by atoms with E-state index in [2.05, 4.69) is 0 Å². The molecule has 0 heterocycles. The maximum Gasteiger partial charge on any atom is 0.336 e. The SMILES string of the molecule is O=C(O)[C@@]1(O)C[C@@H]2C=C[C@H]1C2. The fourth-order valence-corrected chi connectivity index (χ4v) is 2.08. The minimum atomic E-state index is -1.46. The van der Waals surface area contributed by atoms with Gasteiger partial charge in [-0.1, -0.05) is 12.2 Å². The number of rotatable bonds is 1. The average molecular weight is 154 g/mol. The second-order valence-electron chi connectivity index (χ2n) is 3.42. The quantitative estimate of drug-likeness (QED) is 0.537. The summed E-state index contributed by atoms with van der Waals surface area (Å²) in [5.74, 6) is -0.930. The first-order valence-electron chi connectivity index (χ1n) is 3.77. The monoisotopic (exact) mass is 154 g/mol. The predicted molar refractivity (Wildman–Crippen MR) is 37.9 cm³/mol. The molecule has 2 aliphatic carbocycles. The van der Waals surface area contributed by atoms with Crippen LogP contribution in [0.25, 0.3) is 0 Å². The van der Waals surface area contributed by atoms with Crippen LogP contribution in [-0.2, 0) is 4.79 Å². The van der Waals surface area contributed by atoms with E-state index in [4.69, 9.17) is 5.11 Å². The van der Waals surface area contributed by atoms with Gasteiger partial charge < -0.3 is 10.2 Å². The summed E-state index contributed by atoms with van der Waals surface area (Å²) in [5.41, 5.74) is -1.46. The van der Waals surface area contributed by atoms with Crippen LogP contribution in [0.2, 0.25) is 0 Å². The lowest BCUT2D eigenvalue weighted by Gasteiger charge is -2.24. The van der Waals surface area contributed by atoms with E-state index in [1.54, 1.807) is 0 Å². The van der Waals surface area contributed by atoms with E-state index in [1.807, 2.05) is 12.2 Å². The van der Waals surface area contributed by atoms with E-state index < -0.39 is 11.6 Å². The van der Waals surface area contributed by atoms with Gasteiger partial charge in [0.2, 0.25) is 0 Å². The minimum absolute atomic E-state index is 0.148. The lowest BCUT2D eigenvalue weighted by atomic mass is 9.89. The lowest BCUT2D eigenvalue weighted by Crippen LogP contribution is -2.42. The Morgan fingerprint density at radius 1 is 1.55 bits per heavy atom. The van der Waals surface area contributed by atoms with Crippen LogP contribution in [0.3, 0.4) is 0 Å². The van der Waals surface area contributed by atoms with Crippen molar-refractivity contribution in [2.75, 3.05) is 0 Å². The Morgan fingerprint density at radius 2 is 2.27 bits per heavy atom. The molecule has 1 saturated carbocycles. The van der Waals surface area contributed by atoms with E-state index in [0.717, 1.165) is 6.42 Å². The van der Waals surface area contributed by atoms with Crippen LogP contribution in [0, 0.1) is 11.8 Å². The Morgan fingerprint density at radius 3 is 2.55 bits per heavy atom. The molecule has 0 aromatic heterocycles. The number of aliphatic carboxylic acids is 1. The van der Waals surface area contributed by atoms with Crippen LogP contribution in [-0.4, -0.2) is 21.8 Å². The molecule has 11 heavy (non-hydrogen) atoms. The second kappa shape index (κ2) is 1.85. The lowest BCUT2D eigenvalue weighted by molar-refractivity contribution is -0.161. The van der Waals surface area contributed by atoms with Gasteiger partial charge in [0.05, 0.1) is 0 Å². The maximum atomic E-state index is 10.6. The van der Waals surface area contributed by atoms with E-state index in [-0.39, 0.29) is 5.92 Å². The molecule has 3 nitrogen and oxygen atoms in total. The van der Waals surface area contributed by atoms with Gasteiger partial charge in [-0.05, 0) is 18.8 Å². The molecule has 0 aliphatic heterocycles. The summed E-state index contributed by atoms with van der Waals surface area (Å²) in [7, 11) is 0. The van der Waals surface area contributed by atoms with Gasteiger partial charge >= 0.3 is 5.97 Å². The first kappa shape index (κ1) is 6.85. The van der Waals surface area contributed by atoms with Crippen molar-refractivity contribution in [1.29, 1.82) is 0 Å². The molecule has 0 amide bonds. The third-order valence-corrected chi connectivity index (χ3v) is 2.73. The molecule has 60 valence electrons. The first-order valence-corrected chi connectivity index (χ1v) is 3.77. The summed E-state index contributed by atoms with van der Waals surface area (Å²) < 4.78 is 0. The van der Waals surface area contributed by atoms with Crippen molar-refractivity contribution in [1.82, 2.24) is 0 Å². The Balaban J connectivity index is 2.30. The third kappa shape index (κ3) is 0.744. The van der Waals surface area contributed by atoms with Gasteiger partial charge in [-0.25, -0.2) is 4.79 Å². The van der Waals surface area contributed by atoms with Gasteiger partial charge in [0, 0.05) is 5.92 Å². The standard InChI is InChI=1S/C8H10O3/c9-7(10)8(11)4-5-1-2-6(8)3-5/h1-2,5-6,11H,3-4H2,(H,9,10)/t5-,6+,8-/m1/s1. The van der Waals surface area contributed by atoms with Crippen LogP contribution < -0.4 is 0 Å². The molecule has 0 aromatic rings. The fraction of sp³-hybridized carbons (Fsp3) is 0.625. The molecule has 3 heteroatoms. The van der Waals surface area contributed by atoms with Gasteiger partial charge in [0.1, 0.15) is 0 Å². The number of aliphatic hydroxyl groups is 1. The summed E-state index contributed by atoms with van der Waals surface area (Å²) in [6, 6.07) is 0. The molecule has 2 bridgehead atoms. The van der Waals surface area contributed by atoms with Crippen molar-refractivity contribution < 1.29 is 15.0 Å². The van der Waals surface area contributed by atoms with Crippen molar-refractivity contribution in [3.63, 3.8) is 0 Å². The number of carbonyl (C=O) groups is 1. The summed E-state index contributed by atoms with van der Waals surface area (Å²) >= 11 is 0. The summed E-state index contributed by atoms with van der Waals surface area (Å²) in [6.07, 6.45) is 5.02. The van der Waals surface area contributed by atoms with Gasteiger partial charge in [-0.15, -0.1) is 0 Å². The number of carboxylic acid groups (broad SMARTS) is 1. The van der Waals surface area contributed by atoms with Crippen molar-refractivity contribution in [2.24, 2.45) is 11.8 Å². The van der Waals surface area contributed by atoms with Crippen LogP contribution in [0.1, 0.15) is 12.8 Å². The molecule has 2 N–H and O–H groups in total. The molecule has 3 atom stereocenters. The van der Waals surface area contributed by atoms with E-state index in [9.17, 15) is 9.90 Å². The van der Waals surface area contributed by atoms with Crippen molar-refractivity contribution in [3.05, 3.63) is 12.2 Å². The number of fused-ring (bicyclic) bond motifs is 2. The molecule has 0 aromatic carbocycles. The number of hydrogen-bond acceptors (Lipinski definition) is 2. The molecule has 1 fully saturated rings. The molecule has 2 rings (SSSR count). The van der Waals surface area contributed by atoms with E-state index in [1.165, 1.54) is 0 Å². The maximum absolute atomic E-state index is 10.6. The largest absolute Gasteiger partial charge is 0.479 e. The Hall–Kier alpha value is -0.830. The van der Waals surface area contributed by atoms with Crippen molar-refractivity contribution in [2.45, 2.75) is 18.4 Å². The topological polar surface area (TPSA) is 57.5 Å². The Kier molecular flexibility index (Phi) is 1.16. The molecule has 0 radical (unpaired) electrons. The minimum Gasteiger partial charge on any atom is -0.479 e. The molecular formula is C8H10O3. The number of carboxylic acids is 1. The zero-order valence-electron chi connectivity index (χ0n) is 6.03. The average Bonchev–Trinajstić information content (AvgIpc) is 2.45. The fourth-order valence-electron chi connectivity index (χ4n) is 2.08. The van der Waals surface area contributed by atoms with Crippen LogP contribution >= 0.6 is 0 Å². The van der Waals surface area contributed by atoms with Gasteiger partial charge in [-0.3, -0.25) is 0 Å². The molecular weight excluding hydrogens is 144 g/mol. The summed E-state index contributed by atoms with van der Waals surface area (Å²) in [6.45, 7) is 0. The van der Waals surface area contributed by atoms with Crippen LogP contribution in [0.5, 0.6) is 0 Å².